The highest BCUT2D eigenvalue weighted by molar-refractivity contribution is 5.27. The lowest BCUT2D eigenvalue weighted by molar-refractivity contribution is -0.140. The van der Waals surface area contributed by atoms with Crippen molar-refractivity contribution >= 4 is 0 Å². The zero-order valence-electron chi connectivity index (χ0n) is 9.18. The summed E-state index contributed by atoms with van der Waals surface area (Å²) in [6.45, 7) is 1.71. The summed E-state index contributed by atoms with van der Waals surface area (Å²) in [6, 6.07) is 2.62. The Morgan fingerprint density at radius 2 is 2.00 bits per heavy atom. The number of hydrogen-bond donors (Lipinski definition) is 2. The maximum Gasteiger partial charge on any atom is 0.419 e. The van der Waals surface area contributed by atoms with E-state index >= 15 is 0 Å². The van der Waals surface area contributed by atoms with Gasteiger partial charge < -0.3 is 10.4 Å². The van der Waals surface area contributed by atoms with Crippen molar-refractivity contribution in [1.82, 2.24) is 5.32 Å². The molecule has 0 bridgehead atoms. The minimum atomic E-state index is -4.69. The molecule has 96 valence electrons. The number of hydrogen-bond acceptors (Lipinski definition) is 2. The van der Waals surface area contributed by atoms with Crippen LogP contribution in [0, 0.1) is 5.82 Å². The Morgan fingerprint density at radius 3 is 2.53 bits per heavy atom. The Kier molecular flexibility index (Phi) is 4.47. The standard InChI is InChI=1S/C11H13F4NO/c1-7(6-17)16-5-8-2-3-10(12)9(4-8)11(13,14)15/h2-4,7,16-17H,5-6H2,1H3/t7-/m1/s1. The van der Waals surface area contributed by atoms with Crippen molar-refractivity contribution in [3.8, 4) is 0 Å². The average molecular weight is 251 g/mol. The van der Waals surface area contributed by atoms with Gasteiger partial charge in [-0.25, -0.2) is 4.39 Å². The third-order valence-electron chi connectivity index (χ3n) is 2.26. The van der Waals surface area contributed by atoms with Crippen LogP contribution in [0.4, 0.5) is 17.6 Å². The molecule has 0 amide bonds. The summed E-state index contributed by atoms with van der Waals surface area (Å²) >= 11 is 0. The molecule has 6 heteroatoms. The van der Waals surface area contributed by atoms with Crippen LogP contribution in [-0.2, 0) is 12.7 Å². The molecule has 0 saturated heterocycles. The number of aliphatic hydroxyl groups excluding tert-OH is 1. The predicted molar refractivity (Wildman–Crippen MR) is 54.8 cm³/mol. The van der Waals surface area contributed by atoms with Gasteiger partial charge in [0.25, 0.3) is 0 Å². The van der Waals surface area contributed by atoms with Crippen LogP contribution in [0.3, 0.4) is 0 Å². The Morgan fingerprint density at radius 1 is 1.35 bits per heavy atom. The van der Waals surface area contributed by atoms with Crippen molar-refractivity contribution in [2.45, 2.75) is 25.7 Å². The van der Waals surface area contributed by atoms with E-state index in [9.17, 15) is 17.6 Å². The Bertz CT molecular complexity index is 378. The molecule has 0 aliphatic carbocycles. The average Bonchev–Trinajstić information content (AvgIpc) is 2.26. The van der Waals surface area contributed by atoms with Crippen LogP contribution >= 0.6 is 0 Å². The molecule has 0 saturated carbocycles. The molecule has 0 heterocycles. The fraction of sp³-hybridized carbons (Fsp3) is 0.455. The lowest BCUT2D eigenvalue weighted by Gasteiger charge is -2.13. The summed E-state index contributed by atoms with van der Waals surface area (Å²) in [5, 5.41) is 11.5. The summed E-state index contributed by atoms with van der Waals surface area (Å²) in [6.07, 6.45) is -4.69. The van der Waals surface area contributed by atoms with Crippen LogP contribution in [0.25, 0.3) is 0 Å². The van der Waals surface area contributed by atoms with Gasteiger partial charge in [0, 0.05) is 12.6 Å². The van der Waals surface area contributed by atoms with E-state index in [-0.39, 0.29) is 19.2 Å². The lowest BCUT2D eigenvalue weighted by Crippen LogP contribution is -2.28. The Hall–Kier alpha value is -1.14. The van der Waals surface area contributed by atoms with Crippen molar-refractivity contribution in [3.63, 3.8) is 0 Å². The highest BCUT2D eigenvalue weighted by atomic mass is 19.4. The van der Waals surface area contributed by atoms with Crippen LogP contribution in [0.15, 0.2) is 18.2 Å². The molecular formula is C11H13F4NO. The summed E-state index contributed by atoms with van der Waals surface area (Å²) in [5.74, 6) is -1.28. The van der Waals surface area contributed by atoms with Crippen molar-refractivity contribution < 1.29 is 22.7 Å². The van der Waals surface area contributed by atoms with Crippen LogP contribution < -0.4 is 5.32 Å². The molecule has 2 N–H and O–H groups in total. The summed E-state index contributed by atoms with van der Waals surface area (Å²) in [5.41, 5.74) is -0.951. The van der Waals surface area contributed by atoms with Crippen LogP contribution in [-0.4, -0.2) is 17.8 Å². The van der Waals surface area contributed by atoms with E-state index in [2.05, 4.69) is 5.32 Å². The topological polar surface area (TPSA) is 32.3 Å². The van der Waals surface area contributed by atoms with Gasteiger partial charge >= 0.3 is 6.18 Å². The Balaban J connectivity index is 2.82. The van der Waals surface area contributed by atoms with E-state index in [0.29, 0.717) is 5.56 Å². The molecule has 0 aliphatic heterocycles. The van der Waals surface area contributed by atoms with E-state index in [1.54, 1.807) is 6.92 Å². The first-order valence-electron chi connectivity index (χ1n) is 5.04. The maximum atomic E-state index is 13.0. The minimum absolute atomic E-state index is 0.118. The fourth-order valence-electron chi connectivity index (χ4n) is 1.26. The highest BCUT2D eigenvalue weighted by Crippen LogP contribution is 2.31. The van der Waals surface area contributed by atoms with Gasteiger partial charge in [0.1, 0.15) is 5.82 Å². The molecule has 0 aromatic heterocycles. The SMILES string of the molecule is C[C@H](CO)NCc1ccc(F)c(C(F)(F)F)c1. The van der Waals surface area contributed by atoms with E-state index < -0.39 is 17.6 Å². The molecule has 1 aromatic rings. The molecule has 0 fully saturated rings. The highest BCUT2D eigenvalue weighted by Gasteiger charge is 2.34. The predicted octanol–water partition coefficient (Wildman–Crippen LogP) is 2.31. The summed E-state index contributed by atoms with van der Waals surface area (Å²) < 4.78 is 50.1. The Labute approximate surface area is 96.3 Å². The van der Waals surface area contributed by atoms with Gasteiger partial charge in [-0.15, -0.1) is 0 Å². The molecule has 0 radical (unpaired) electrons. The van der Waals surface area contributed by atoms with E-state index in [0.717, 1.165) is 12.1 Å². The van der Waals surface area contributed by atoms with Gasteiger partial charge in [0.05, 0.1) is 12.2 Å². The number of nitrogens with one attached hydrogen (secondary N) is 1. The largest absolute Gasteiger partial charge is 0.419 e. The molecule has 1 aromatic carbocycles. The number of alkyl halides is 3. The fourth-order valence-corrected chi connectivity index (χ4v) is 1.26. The molecule has 0 aliphatic rings. The number of rotatable bonds is 4. The smallest absolute Gasteiger partial charge is 0.395 e. The molecule has 1 atom stereocenters. The van der Waals surface area contributed by atoms with Crippen molar-refractivity contribution in [3.05, 3.63) is 35.1 Å². The third-order valence-corrected chi connectivity index (χ3v) is 2.26. The molecule has 0 spiro atoms. The minimum Gasteiger partial charge on any atom is -0.395 e. The van der Waals surface area contributed by atoms with Crippen molar-refractivity contribution in [2.24, 2.45) is 0 Å². The number of aliphatic hydroxyl groups is 1. The zero-order valence-corrected chi connectivity index (χ0v) is 9.18. The quantitative estimate of drug-likeness (QED) is 0.805. The van der Waals surface area contributed by atoms with Gasteiger partial charge in [0.15, 0.2) is 0 Å². The van der Waals surface area contributed by atoms with Gasteiger partial charge in [-0.3, -0.25) is 0 Å². The van der Waals surface area contributed by atoms with E-state index in [1.165, 1.54) is 6.07 Å². The molecular weight excluding hydrogens is 238 g/mol. The zero-order chi connectivity index (χ0) is 13.1. The summed E-state index contributed by atoms with van der Waals surface area (Å²) in [4.78, 5) is 0. The first-order chi connectivity index (χ1) is 7.84. The van der Waals surface area contributed by atoms with Crippen LogP contribution in [0.2, 0.25) is 0 Å². The van der Waals surface area contributed by atoms with Gasteiger partial charge in [-0.2, -0.15) is 13.2 Å². The monoisotopic (exact) mass is 251 g/mol. The van der Waals surface area contributed by atoms with Crippen LogP contribution in [0.1, 0.15) is 18.1 Å². The number of benzene rings is 1. The van der Waals surface area contributed by atoms with E-state index in [4.69, 9.17) is 5.11 Å². The second-order valence-electron chi connectivity index (χ2n) is 3.78. The normalized spacial score (nSPS) is 13.8. The third kappa shape index (κ3) is 3.98. The van der Waals surface area contributed by atoms with Gasteiger partial charge in [0.2, 0.25) is 0 Å². The molecule has 17 heavy (non-hydrogen) atoms. The summed E-state index contributed by atoms with van der Waals surface area (Å²) in [7, 11) is 0. The van der Waals surface area contributed by atoms with E-state index in [1.807, 2.05) is 0 Å². The first-order valence-corrected chi connectivity index (χ1v) is 5.04. The maximum absolute atomic E-state index is 13.0. The van der Waals surface area contributed by atoms with Crippen molar-refractivity contribution in [1.29, 1.82) is 0 Å². The lowest BCUT2D eigenvalue weighted by atomic mass is 10.1. The molecule has 2 nitrogen and oxygen atoms in total. The molecule has 1 rings (SSSR count). The van der Waals surface area contributed by atoms with Gasteiger partial charge in [-0.1, -0.05) is 6.07 Å². The second-order valence-corrected chi connectivity index (χ2v) is 3.78. The number of halogens is 4. The van der Waals surface area contributed by atoms with Crippen LogP contribution in [0.5, 0.6) is 0 Å². The van der Waals surface area contributed by atoms with Gasteiger partial charge in [-0.05, 0) is 24.6 Å². The molecule has 0 unspecified atom stereocenters. The first kappa shape index (κ1) is 13.9. The van der Waals surface area contributed by atoms with Crippen molar-refractivity contribution in [2.75, 3.05) is 6.61 Å². The second kappa shape index (κ2) is 5.46.